The van der Waals surface area contributed by atoms with Crippen molar-refractivity contribution in [1.82, 2.24) is 10.2 Å². The van der Waals surface area contributed by atoms with Gasteiger partial charge in [0, 0.05) is 19.5 Å². The lowest BCUT2D eigenvalue weighted by Gasteiger charge is -2.33. The molecule has 5 heteroatoms. The summed E-state index contributed by atoms with van der Waals surface area (Å²) in [7, 11) is 0. The molecule has 2 amide bonds. The first-order chi connectivity index (χ1) is 11.2. The quantitative estimate of drug-likeness (QED) is 0.841. The lowest BCUT2D eigenvalue weighted by atomic mass is 9.96. The van der Waals surface area contributed by atoms with Gasteiger partial charge in [-0.1, -0.05) is 37.3 Å². The van der Waals surface area contributed by atoms with E-state index < -0.39 is 6.04 Å². The minimum Gasteiger partial charge on any atom is -0.394 e. The molecule has 126 valence electrons. The summed E-state index contributed by atoms with van der Waals surface area (Å²) in [4.78, 5) is 26.3. The Balaban J connectivity index is 1.95. The Morgan fingerprint density at radius 1 is 1.35 bits per heavy atom. The maximum absolute atomic E-state index is 12.5. The standard InChI is InChI=1S/C18H26N2O3/c1-2-7-17(22)20-11-6-10-15(12-20)18(23)19-16(13-21)14-8-4-3-5-9-14/h3-5,8-9,15-16,21H,2,6-7,10-13H2,1H3,(H,19,23). The second-order valence-electron chi connectivity index (χ2n) is 6.08. The van der Waals surface area contributed by atoms with Crippen LogP contribution < -0.4 is 5.32 Å². The summed E-state index contributed by atoms with van der Waals surface area (Å²) in [6.07, 6.45) is 3.00. The highest BCUT2D eigenvalue weighted by atomic mass is 16.3. The van der Waals surface area contributed by atoms with E-state index in [9.17, 15) is 14.7 Å². The van der Waals surface area contributed by atoms with E-state index >= 15 is 0 Å². The summed E-state index contributed by atoms with van der Waals surface area (Å²) in [6, 6.07) is 9.05. The predicted octanol–water partition coefficient (Wildman–Crippen LogP) is 1.87. The van der Waals surface area contributed by atoms with Gasteiger partial charge in [0.25, 0.3) is 0 Å². The normalized spacial score (nSPS) is 19.2. The zero-order valence-electron chi connectivity index (χ0n) is 13.7. The van der Waals surface area contributed by atoms with E-state index in [1.165, 1.54) is 0 Å². The van der Waals surface area contributed by atoms with Crippen LogP contribution in [0.2, 0.25) is 0 Å². The molecule has 1 aromatic rings. The van der Waals surface area contributed by atoms with Gasteiger partial charge in [-0.15, -0.1) is 0 Å². The fourth-order valence-electron chi connectivity index (χ4n) is 3.00. The number of rotatable bonds is 6. The number of aliphatic hydroxyl groups excluding tert-OH is 1. The second-order valence-corrected chi connectivity index (χ2v) is 6.08. The molecule has 1 heterocycles. The van der Waals surface area contributed by atoms with Crippen LogP contribution in [0.3, 0.4) is 0 Å². The van der Waals surface area contributed by atoms with E-state index in [1.807, 2.05) is 37.3 Å². The van der Waals surface area contributed by atoms with Crippen molar-refractivity contribution in [3.8, 4) is 0 Å². The van der Waals surface area contributed by atoms with Crippen molar-refractivity contribution in [2.75, 3.05) is 19.7 Å². The minimum atomic E-state index is -0.398. The molecule has 23 heavy (non-hydrogen) atoms. The molecular formula is C18H26N2O3. The van der Waals surface area contributed by atoms with Crippen molar-refractivity contribution in [3.63, 3.8) is 0 Å². The third-order valence-electron chi connectivity index (χ3n) is 4.31. The molecule has 0 spiro atoms. The Morgan fingerprint density at radius 2 is 2.09 bits per heavy atom. The Kier molecular flexibility index (Phi) is 6.59. The van der Waals surface area contributed by atoms with E-state index in [2.05, 4.69) is 5.32 Å². The Morgan fingerprint density at radius 3 is 2.74 bits per heavy atom. The summed E-state index contributed by atoms with van der Waals surface area (Å²) < 4.78 is 0. The van der Waals surface area contributed by atoms with E-state index in [0.717, 1.165) is 31.4 Å². The Bertz CT molecular complexity index is 518. The first-order valence-electron chi connectivity index (χ1n) is 8.39. The number of piperidine rings is 1. The van der Waals surface area contributed by atoms with Crippen LogP contribution in [0.25, 0.3) is 0 Å². The molecule has 0 bridgehead atoms. The largest absolute Gasteiger partial charge is 0.394 e. The molecule has 2 unspecified atom stereocenters. The van der Waals surface area contributed by atoms with Gasteiger partial charge in [-0.2, -0.15) is 0 Å². The third kappa shape index (κ3) is 4.79. The third-order valence-corrected chi connectivity index (χ3v) is 4.31. The lowest BCUT2D eigenvalue weighted by molar-refractivity contribution is -0.136. The number of hydrogen-bond donors (Lipinski definition) is 2. The van der Waals surface area contributed by atoms with Crippen LogP contribution in [-0.4, -0.2) is 41.5 Å². The molecule has 1 aliphatic rings. The number of nitrogens with one attached hydrogen (secondary N) is 1. The van der Waals surface area contributed by atoms with Crippen molar-refractivity contribution in [3.05, 3.63) is 35.9 Å². The van der Waals surface area contributed by atoms with Gasteiger partial charge in [-0.3, -0.25) is 9.59 Å². The zero-order valence-corrected chi connectivity index (χ0v) is 13.7. The summed E-state index contributed by atoms with van der Waals surface area (Å²) in [5.41, 5.74) is 0.887. The molecular weight excluding hydrogens is 292 g/mol. The molecule has 2 atom stereocenters. The maximum atomic E-state index is 12.5. The number of hydrogen-bond acceptors (Lipinski definition) is 3. The van der Waals surface area contributed by atoms with E-state index in [-0.39, 0.29) is 24.3 Å². The Hall–Kier alpha value is -1.88. The highest BCUT2D eigenvalue weighted by Crippen LogP contribution is 2.20. The van der Waals surface area contributed by atoms with Crippen molar-refractivity contribution < 1.29 is 14.7 Å². The molecule has 2 N–H and O–H groups in total. The molecule has 1 fully saturated rings. The monoisotopic (exact) mass is 318 g/mol. The van der Waals surface area contributed by atoms with Gasteiger partial charge >= 0.3 is 0 Å². The molecule has 1 saturated heterocycles. The van der Waals surface area contributed by atoms with Crippen molar-refractivity contribution in [2.24, 2.45) is 5.92 Å². The highest BCUT2D eigenvalue weighted by Gasteiger charge is 2.29. The number of aliphatic hydroxyl groups is 1. The molecule has 0 aromatic heterocycles. The van der Waals surface area contributed by atoms with Gasteiger partial charge < -0.3 is 15.3 Å². The van der Waals surface area contributed by atoms with Crippen molar-refractivity contribution in [2.45, 2.75) is 38.6 Å². The van der Waals surface area contributed by atoms with Gasteiger partial charge in [-0.25, -0.2) is 0 Å². The molecule has 1 aromatic carbocycles. The van der Waals surface area contributed by atoms with Crippen molar-refractivity contribution >= 4 is 11.8 Å². The smallest absolute Gasteiger partial charge is 0.225 e. The lowest BCUT2D eigenvalue weighted by Crippen LogP contribution is -2.46. The SMILES string of the molecule is CCCC(=O)N1CCCC(C(=O)NC(CO)c2ccccc2)C1. The van der Waals surface area contributed by atoms with Gasteiger partial charge in [0.2, 0.25) is 11.8 Å². The molecule has 1 aliphatic heterocycles. The summed E-state index contributed by atoms with van der Waals surface area (Å²) in [5, 5.41) is 12.5. The summed E-state index contributed by atoms with van der Waals surface area (Å²) in [6.45, 7) is 3.07. The van der Waals surface area contributed by atoms with Crippen LogP contribution in [0.5, 0.6) is 0 Å². The summed E-state index contributed by atoms with van der Waals surface area (Å²) in [5.74, 6) is -0.143. The summed E-state index contributed by atoms with van der Waals surface area (Å²) >= 11 is 0. The minimum absolute atomic E-state index is 0.0816. The first-order valence-corrected chi connectivity index (χ1v) is 8.39. The fourth-order valence-corrected chi connectivity index (χ4v) is 3.00. The molecule has 0 saturated carbocycles. The molecule has 5 nitrogen and oxygen atoms in total. The number of amides is 2. The average molecular weight is 318 g/mol. The Labute approximate surface area is 137 Å². The fraction of sp³-hybridized carbons (Fsp3) is 0.556. The number of likely N-dealkylation sites (tertiary alicyclic amines) is 1. The van der Waals surface area contributed by atoms with Gasteiger partial charge in [0.1, 0.15) is 0 Å². The first kappa shape index (κ1) is 17.5. The van der Waals surface area contributed by atoms with Crippen LogP contribution >= 0.6 is 0 Å². The number of nitrogens with zero attached hydrogens (tertiary/aromatic N) is 1. The number of carbonyl (C=O) groups excluding carboxylic acids is 2. The van der Waals surface area contributed by atoms with Crippen molar-refractivity contribution in [1.29, 1.82) is 0 Å². The number of carbonyl (C=O) groups is 2. The van der Waals surface area contributed by atoms with Gasteiger partial charge in [0.15, 0.2) is 0 Å². The molecule has 0 radical (unpaired) electrons. The zero-order chi connectivity index (χ0) is 16.7. The number of benzene rings is 1. The van der Waals surface area contributed by atoms with Crippen LogP contribution in [-0.2, 0) is 9.59 Å². The maximum Gasteiger partial charge on any atom is 0.225 e. The van der Waals surface area contributed by atoms with Gasteiger partial charge in [0.05, 0.1) is 18.6 Å². The molecule has 0 aliphatic carbocycles. The van der Waals surface area contributed by atoms with Crippen LogP contribution in [0.1, 0.15) is 44.2 Å². The van der Waals surface area contributed by atoms with Gasteiger partial charge in [-0.05, 0) is 24.8 Å². The van der Waals surface area contributed by atoms with E-state index in [1.54, 1.807) is 4.90 Å². The van der Waals surface area contributed by atoms with Crippen LogP contribution in [0.15, 0.2) is 30.3 Å². The van der Waals surface area contributed by atoms with Crippen LogP contribution in [0.4, 0.5) is 0 Å². The molecule has 2 rings (SSSR count). The second kappa shape index (κ2) is 8.67. The van der Waals surface area contributed by atoms with Crippen LogP contribution in [0, 0.1) is 5.92 Å². The van der Waals surface area contributed by atoms with E-state index in [0.29, 0.717) is 13.0 Å². The average Bonchev–Trinajstić information content (AvgIpc) is 2.60. The van der Waals surface area contributed by atoms with E-state index in [4.69, 9.17) is 0 Å². The topological polar surface area (TPSA) is 69.6 Å². The predicted molar refractivity (Wildman–Crippen MR) is 88.6 cm³/mol. The highest BCUT2D eigenvalue weighted by molar-refractivity contribution is 5.81.